The molecule has 2 atom stereocenters. The fourth-order valence-corrected chi connectivity index (χ4v) is 2.91. The highest BCUT2D eigenvalue weighted by Gasteiger charge is 2.24. The smallest absolute Gasteiger partial charge is 0.244 e. The van der Waals surface area contributed by atoms with Crippen LogP contribution in [0.1, 0.15) is 24.6 Å². The lowest BCUT2D eigenvalue weighted by Crippen LogP contribution is -2.44. The van der Waals surface area contributed by atoms with Crippen molar-refractivity contribution >= 4 is 5.91 Å². The molecule has 0 radical (unpaired) electrons. The highest BCUT2D eigenvalue weighted by molar-refractivity contribution is 5.79. The number of halogens is 1. The number of benzene rings is 1. The van der Waals surface area contributed by atoms with Crippen LogP contribution >= 0.6 is 0 Å². The van der Waals surface area contributed by atoms with E-state index in [0.717, 1.165) is 18.7 Å². The van der Waals surface area contributed by atoms with Crippen LogP contribution in [0.5, 0.6) is 0 Å². The third-order valence-corrected chi connectivity index (χ3v) is 4.42. The van der Waals surface area contributed by atoms with E-state index in [1.54, 1.807) is 19.1 Å². The first-order valence-corrected chi connectivity index (χ1v) is 8.34. The number of carbonyl (C=O) groups excluding carboxylic acids is 1. The molecule has 1 aliphatic heterocycles. The second kappa shape index (κ2) is 8.17. The van der Waals surface area contributed by atoms with Crippen molar-refractivity contribution in [2.45, 2.75) is 19.0 Å². The number of hydrogen-bond donors (Lipinski definition) is 1. The number of carbonyl (C=O) groups is 1. The van der Waals surface area contributed by atoms with Crippen molar-refractivity contribution in [3.8, 4) is 0 Å². The molecular weight excluding hydrogens is 325 g/mol. The largest absolute Gasteiger partial charge is 0.379 e. The summed E-state index contributed by atoms with van der Waals surface area (Å²) in [6, 6.07) is 5.95. The average molecular weight is 347 g/mol. The number of ether oxygens (including phenoxy) is 1. The summed E-state index contributed by atoms with van der Waals surface area (Å²) in [6.07, 6.45) is 2.92. The van der Waals surface area contributed by atoms with Crippen LogP contribution in [0.4, 0.5) is 4.39 Å². The van der Waals surface area contributed by atoms with Gasteiger partial charge >= 0.3 is 0 Å². The molecule has 1 amide bonds. The van der Waals surface area contributed by atoms with Gasteiger partial charge in [0.1, 0.15) is 24.5 Å². The Morgan fingerprint density at radius 1 is 1.32 bits per heavy atom. The molecule has 1 N–H and O–H groups in total. The molecule has 0 saturated carbocycles. The van der Waals surface area contributed by atoms with Crippen LogP contribution in [-0.4, -0.2) is 58.4 Å². The molecule has 0 unspecified atom stereocenters. The molecule has 1 aromatic carbocycles. The third kappa shape index (κ3) is 4.40. The van der Waals surface area contributed by atoms with Gasteiger partial charge in [-0.1, -0.05) is 12.1 Å². The maximum Gasteiger partial charge on any atom is 0.244 e. The molecule has 1 saturated heterocycles. The quantitative estimate of drug-likeness (QED) is 0.849. The van der Waals surface area contributed by atoms with Crippen LogP contribution < -0.4 is 5.32 Å². The van der Waals surface area contributed by atoms with E-state index in [0.29, 0.717) is 19.8 Å². The van der Waals surface area contributed by atoms with Crippen molar-refractivity contribution in [1.29, 1.82) is 0 Å². The van der Waals surface area contributed by atoms with Crippen molar-refractivity contribution in [2.75, 3.05) is 32.8 Å². The molecule has 2 heterocycles. The minimum absolute atomic E-state index is 0.0311. The Bertz CT molecular complexity index is 671. The zero-order chi connectivity index (χ0) is 17.6. The van der Waals surface area contributed by atoms with Crippen LogP contribution in [-0.2, 0) is 9.53 Å². The topological polar surface area (TPSA) is 72.3 Å². The number of hydrogen-bond acceptors (Lipinski definition) is 5. The zero-order valence-corrected chi connectivity index (χ0v) is 14.1. The Balaban J connectivity index is 1.68. The number of amides is 1. The lowest BCUT2D eigenvalue weighted by molar-refractivity contribution is -0.124. The predicted octanol–water partition coefficient (Wildman–Crippen LogP) is 1.17. The van der Waals surface area contributed by atoms with Gasteiger partial charge in [0.2, 0.25) is 5.91 Å². The Morgan fingerprint density at radius 3 is 2.68 bits per heavy atom. The lowest BCUT2D eigenvalue weighted by Gasteiger charge is -2.35. The van der Waals surface area contributed by atoms with Gasteiger partial charge in [-0.05, 0) is 24.6 Å². The molecule has 1 aliphatic rings. The first-order valence-electron chi connectivity index (χ1n) is 8.34. The van der Waals surface area contributed by atoms with Crippen LogP contribution in [0.25, 0.3) is 0 Å². The summed E-state index contributed by atoms with van der Waals surface area (Å²) in [7, 11) is 0. The van der Waals surface area contributed by atoms with E-state index in [9.17, 15) is 9.18 Å². The van der Waals surface area contributed by atoms with Crippen molar-refractivity contribution in [3.05, 3.63) is 48.3 Å². The van der Waals surface area contributed by atoms with E-state index in [1.807, 2.05) is 0 Å². The normalized spacial score (nSPS) is 17.8. The summed E-state index contributed by atoms with van der Waals surface area (Å²) in [5.41, 5.74) is 0.969. The zero-order valence-electron chi connectivity index (χ0n) is 14.1. The van der Waals surface area contributed by atoms with Gasteiger partial charge in [-0.25, -0.2) is 14.1 Å². The second-order valence-electron chi connectivity index (χ2n) is 6.01. The summed E-state index contributed by atoms with van der Waals surface area (Å²) in [4.78, 5) is 18.5. The number of nitrogens with zero attached hydrogens (tertiary/aromatic N) is 4. The van der Waals surface area contributed by atoms with E-state index >= 15 is 0 Å². The van der Waals surface area contributed by atoms with Gasteiger partial charge in [0.05, 0.1) is 19.3 Å². The molecule has 0 bridgehead atoms. The van der Waals surface area contributed by atoms with Crippen LogP contribution in [0, 0.1) is 5.82 Å². The van der Waals surface area contributed by atoms with E-state index in [2.05, 4.69) is 20.3 Å². The number of nitrogens with one attached hydrogen (secondary N) is 1. The second-order valence-corrected chi connectivity index (χ2v) is 6.01. The third-order valence-electron chi connectivity index (χ3n) is 4.42. The molecular formula is C17H22FN5O2. The molecule has 1 aromatic heterocycles. The summed E-state index contributed by atoms with van der Waals surface area (Å²) in [5.74, 6) is -0.404. The van der Waals surface area contributed by atoms with Crippen molar-refractivity contribution in [1.82, 2.24) is 25.0 Å². The molecule has 134 valence electrons. The van der Waals surface area contributed by atoms with Crippen molar-refractivity contribution in [3.63, 3.8) is 0 Å². The highest BCUT2D eigenvalue weighted by Crippen LogP contribution is 2.22. The predicted molar refractivity (Wildman–Crippen MR) is 89.3 cm³/mol. The number of morpholine rings is 1. The van der Waals surface area contributed by atoms with Gasteiger partial charge in [-0.15, -0.1) is 0 Å². The SMILES string of the molecule is C[C@@H](C(=O)NC[C@H](c1ccc(F)cc1)N1CCOCC1)n1cncn1. The minimum Gasteiger partial charge on any atom is -0.379 e. The highest BCUT2D eigenvalue weighted by atomic mass is 19.1. The van der Waals surface area contributed by atoms with Crippen LogP contribution in [0.2, 0.25) is 0 Å². The number of aromatic nitrogens is 3. The molecule has 0 spiro atoms. The molecule has 3 rings (SSSR count). The molecule has 25 heavy (non-hydrogen) atoms. The molecule has 2 aromatic rings. The first kappa shape index (κ1) is 17.5. The maximum atomic E-state index is 13.3. The van der Waals surface area contributed by atoms with Gasteiger partial charge in [0.25, 0.3) is 0 Å². The van der Waals surface area contributed by atoms with E-state index < -0.39 is 6.04 Å². The van der Waals surface area contributed by atoms with Gasteiger partial charge < -0.3 is 10.1 Å². The van der Waals surface area contributed by atoms with E-state index in [4.69, 9.17) is 4.74 Å². The number of rotatable bonds is 6. The average Bonchev–Trinajstić information content (AvgIpc) is 3.18. The van der Waals surface area contributed by atoms with Gasteiger partial charge in [-0.2, -0.15) is 5.10 Å². The van der Waals surface area contributed by atoms with Gasteiger partial charge in [-0.3, -0.25) is 9.69 Å². The minimum atomic E-state index is -0.443. The first-order chi connectivity index (χ1) is 12.1. The van der Waals surface area contributed by atoms with E-state index in [-0.39, 0.29) is 17.8 Å². The Hall–Kier alpha value is -2.32. The fraction of sp³-hybridized carbons (Fsp3) is 0.471. The monoisotopic (exact) mass is 347 g/mol. The maximum absolute atomic E-state index is 13.3. The summed E-state index contributed by atoms with van der Waals surface area (Å²) < 4.78 is 20.2. The lowest BCUT2D eigenvalue weighted by atomic mass is 10.0. The summed E-state index contributed by atoms with van der Waals surface area (Å²) in [6.45, 7) is 5.06. The summed E-state index contributed by atoms with van der Waals surface area (Å²) in [5, 5.41) is 6.98. The standard InChI is InChI=1S/C17H22FN5O2/c1-13(23-12-19-11-21-23)17(24)20-10-16(22-6-8-25-9-7-22)14-2-4-15(18)5-3-14/h2-5,11-13,16H,6-10H2,1H3,(H,20,24)/t13-,16+/m0/s1. The Morgan fingerprint density at radius 2 is 2.04 bits per heavy atom. The van der Waals surface area contributed by atoms with Crippen LogP contribution in [0.15, 0.2) is 36.9 Å². The molecule has 7 nitrogen and oxygen atoms in total. The van der Waals surface area contributed by atoms with E-state index in [1.165, 1.54) is 29.5 Å². The van der Waals surface area contributed by atoms with Crippen molar-refractivity contribution < 1.29 is 13.9 Å². The molecule has 1 fully saturated rings. The van der Waals surface area contributed by atoms with Gasteiger partial charge in [0, 0.05) is 19.6 Å². The van der Waals surface area contributed by atoms with Crippen molar-refractivity contribution in [2.24, 2.45) is 0 Å². The van der Waals surface area contributed by atoms with Crippen LogP contribution in [0.3, 0.4) is 0 Å². The Labute approximate surface area is 145 Å². The van der Waals surface area contributed by atoms with Gasteiger partial charge in [0.15, 0.2) is 0 Å². The summed E-state index contributed by atoms with van der Waals surface area (Å²) >= 11 is 0. The fourth-order valence-electron chi connectivity index (χ4n) is 2.91. The molecule has 0 aliphatic carbocycles. The molecule has 8 heteroatoms. The Kier molecular flexibility index (Phi) is 5.72.